The first-order chi connectivity index (χ1) is 11.2. The van der Waals surface area contributed by atoms with Gasteiger partial charge in [-0.3, -0.25) is 14.6 Å². The van der Waals surface area contributed by atoms with Crippen LogP contribution >= 0.6 is 0 Å². The summed E-state index contributed by atoms with van der Waals surface area (Å²) in [4.78, 5) is 27.6. The van der Waals surface area contributed by atoms with Crippen LogP contribution in [0.25, 0.3) is 0 Å². The number of benzene rings is 1. The summed E-state index contributed by atoms with van der Waals surface area (Å²) in [6.45, 7) is 2.77. The van der Waals surface area contributed by atoms with Crippen molar-refractivity contribution in [1.82, 2.24) is 10.3 Å². The predicted octanol–water partition coefficient (Wildman–Crippen LogP) is 3.35. The van der Waals surface area contributed by atoms with Crippen molar-refractivity contribution in [3.8, 4) is 0 Å². The standard InChI is InChI=1S/C19H22N2O2/c1-15(16-6-3-2-4-7-16)11-13-21-19(23)10-9-18(22)17-8-5-12-20-14-17/h2-8,12,14-15H,9-11,13H2,1H3,(H,21,23). The van der Waals surface area contributed by atoms with Gasteiger partial charge < -0.3 is 5.32 Å². The molecule has 0 bridgehead atoms. The predicted molar refractivity (Wildman–Crippen MR) is 90.3 cm³/mol. The molecule has 0 saturated heterocycles. The SMILES string of the molecule is CC(CCNC(=O)CCC(=O)c1cccnc1)c1ccccc1. The number of nitrogens with zero attached hydrogens (tertiary/aromatic N) is 1. The Morgan fingerprint density at radius 2 is 1.87 bits per heavy atom. The number of rotatable bonds is 8. The van der Waals surface area contributed by atoms with Gasteiger partial charge in [-0.15, -0.1) is 0 Å². The van der Waals surface area contributed by atoms with Gasteiger partial charge in [-0.05, 0) is 30.0 Å². The van der Waals surface area contributed by atoms with Crippen LogP contribution in [0.5, 0.6) is 0 Å². The van der Waals surface area contributed by atoms with Crippen molar-refractivity contribution in [1.29, 1.82) is 0 Å². The second kappa shape index (κ2) is 8.83. The summed E-state index contributed by atoms with van der Waals surface area (Å²) in [5.74, 6) is 0.266. The Kier molecular flexibility index (Phi) is 6.48. The van der Waals surface area contributed by atoms with Gasteiger partial charge in [0.05, 0.1) is 0 Å². The molecule has 0 fully saturated rings. The highest BCUT2D eigenvalue weighted by molar-refractivity contribution is 5.97. The minimum Gasteiger partial charge on any atom is -0.356 e. The van der Waals surface area contributed by atoms with Gasteiger partial charge in [-0.1, -0.05) is 37.3 Å². The summed E-state index contributed by atoms with van der Waals surface area (Å²) in [6.07, 6.45) is 4.46. The normalized spacial score (nSPS) is 11.7. The van der Waals surface area contributed by atoms with E-state index >= 15 is 0 Å². The third kappa shape index (κ3) is 5.66. The summed E-state index contributed by atoms with van der Waals surface area (Å²) in [6, 6.07) is 13.7. The van der Waals surface area contributed by atoms with Crippen molar-refractivity contribution in [2.45, 2.75) is 32.1 Å². The molecule has 0 radical (unpaired) electrons. The maximum atomic E-state index is 11.9. The quantitative estimate of drug-likeness (QED) is 0.761. The van der Waals surface area contributed by atoms with Gasteiger partial charge in [-0.25, -0.2) is 0 Å². The van der Waals surface area contributed by atoms with Gasteiger partial charge >= 0.3 is 0 Å². The number of carbonyl (C=O) groups is 2. The Bertz CT molecular complexity index is 626. The number of carbonyl (C=O) groups excluding carboxylic acids is 2. The van der Waals surface area contributed by atoms with E-state index in [9.17, 15) is 9.59 Å². The van der Waals surface area contributed by atoms with Gasteiger partial charge in [0.1, 0.15) is 0 Å². The maximum Gasteiger partial charge on any atom is 0.220 e. The molecule has 0 spiro atoms. The lowest BCUT2D eigenvalue weighted by Gasteiger charge is -2.12. The Labute approximate surface area is 137 Å². The van der Waals surface area contributed by atoms with Crippen LogP contribution in [-0.2, 0) is 4.79 Å². The fourth-order valence-electron chi connectivity index (χ4n) is 2.36. The largest absolute Gasteiger partial charge is 0.356 e. The molecule has 1 aromatic carbocycles. The first-order valence-corrected chi connectivity index (χ1v) is 7.91. The van der Waals surface area contributed by atoms with E-state index < -0.39 is 0 Å². The van der Waals surface area contributed by atoms with E-state index in [-0.39, 0.29) is 24.5 Å². The highest BCUT2D eigenvalue weighted by atomic mass is 16.2. The van der Waals surface area contributed by atoms with Crippen LogP contribution in [0.1, 0.15) is 48.0 Å². The van der Waals surface area contributed by atoms with Crippen molar-refractivity contribution < 1.29 is 9.59 Å². The van der Waals surface area contributed by atoms with Crippen LogP contribution in [0.4, 0.5) is 0 Å². The van der Waals surface area contributed by atoms with Crippen molar-refractivity contribution in [3.05, 3.63) is 66.0 Å². The molecule has 1 aromatic heterocycles. The molecule has 0 aliphatic heterocycles. The second-order valence-corrected chi connectivity index (χ2v) is 5.62. The first kappa shape index (κ1) is 16.9. The fourth-order valence-corrected chi connectivity index (χ4v) is 2.36. The van der Waals surface area contributed by atoms with Gasteiger partial charge in [0.25, 0.3) is 0 Å². The number of nitrogens with one attached hydrogen (secondary N) is 1. The fraction of sp³-hybridized carbons (Fsp3) is 0.316. The Hall–Kier alpha value is -2.49. The molecular formula is C19H22N2O2. The van der Waals surface area contributed by atoms with Crippen LogP contribution in [0, 0.1) is 0 Å². The van der Waals surface area contributed by atoms with Crippen molar-refractivity contribution in [2.24, 2.45) is 0 Å². The van der Waals surface area contributed by atoms with Gasteiger partial charge in [0.2, 0.25) is 5.91 Å². The third-order valence-corrected chi connectivity index (χ3v) is 3.83. The molecular weight excluding hydrogens is 288 g/mol. The number of amides is 1. The van der Waals surface area contributed by atoms with Crippen molar-refractivity contribution in [3.63, 3.8) is 0 Å². The number of aromatic nitrogens is 1. The Balaban J connectivity index is 1.66. The second-order valence-electron chi connectivity index (χ2n) is 5.62. The smallest absolute Gasteiger partial charge is 0.220 e. The Morgan fingerprint density at radius 3 is 2.57 bits per heavy atom. The van der Waals surface area contributed by atoms with Gasteiger partial charge in [-0.2, -0.15) is 0 Å². The summed E-state index contributed by atoms with van der Waals surface area (Å²) >= 11 is 0. The molecule has 4 nitrogen and oxygen atoms in total. The molecule has 2 aromatic rings. The van der Waals surface area contributed by atoms with Crippen LogP contribution < -0.4 is 5.32 Å². The van der Waals surface area contributed by atoms with Crippen LogP contribution in [-0.4, -0.2) is 23.2 Å². The zero-order chi connectivity index (χ0) is 16.5. The van der Waals surface area contributed by atoms with Crippen LogP contribution in [0.2, 0.25) is 0 Å². The maximum absolute atomic E-state index is 11.9. The molecule has 0 aliphatic rings. The first-order valence-electron chi connectivity index (χ1n) is 7.91. The molecule has 1 amide bonds. The van der Waals surface area contributed by atoms with E-state index in [1.165, 1.54) is 11.8 Å². The highest BCUT2D eigenvalue weighted by Crippen LogP contribution is 2.17. The lowest BCUT2D eigenvalue weighted by atomic mass is 9.98. The van der Waals surface area contributed by atoms with Crippen molar-refractivity contribution >= 4 is 11.7 Å². The van der Waals surface area contributed by atoms with E-state index in [1.807, 2.05) is 18.2 Å². The number of ketones is 1. The number of hydrogen-bond donors (Lipinski definition) is 1. The van der Waals surface area contributed by atoms with E-state index in [0.717, 1.165) is 6.42 Å². The van der Waals surface area contributed by atoms with Gasteiger partial charge in [0, 0.05) is 37.3 Å². The molecule has 23 heavy (non-hydrogen) atoms. The average molecular weight is 310 g/mol. The monoisotopic (exact) mass is 310 g/mol. The molecule has 1 atom stereocenters. The topological polar surface area (TPSA) is 59.1 Å². The van der Waals surface area contributed by atoms with E-state index in [2.05, 4.69) is 29.4 Å². The average Bonchev–Trinajstić information content (AvgIpc) is 2.61. The molecule has 1 unspecified atom stereocenters. The summed E-state index contributed by atoms with van der Waals surface area (Å²) in [5, 5.41) is 2.88. The molecule has 1 heterocycles. The zero-order valence-corrected chi connectivity index (χ0v) is 13.4. The minimum absolute atomic E-state index is 0.0501. The summed E-state index contributed by atoms with van der Waals surface area (Å²) in [5.41, 5.74) is 1.83. The molecule has 120 valence electrons. The third-order valence-electron chi connectivity index (χ3n) is 3.83. The molecule has 4 heteroatoms. The van der Waals surface area contributed by atoms with E-state index in [4.69, 9.17) is 0 Å². The molecule has 0 aliphatic carbocycles. The number of hydrogen-bond acceptors (Lipinski definition) is 3. The lowest BCUT2D eigenvalue weighted by Crippen LogP contribution is -2.25. The summed E-state index contributed by atoms with van der Waals surface area (Å²) in [7, 11) is 0. The lowest BCUT2D eigenvalue weighted by molar-refractivity contribution is -0.121. The molecule has 1 N–H and O–H groups in total. The molecule has 2 rings (SSSR count). The number of Topliss-reactive ketones (excluding diaryl/α,β-unsaturated/α-hetero) is 1. The highest BCUT2D eigenvalue weighted by Gasteiger charge is 2.10. The zero-order valence-electron chi connectivity index (χ0n) is 13.4. The van der Waals surface area contributed by atoms with Crippen molar-refractivity contribution in [2.75, 3.05) is 6.54 Å². The number of pyridine rings is 1. The van der Waals surface area contributed by atoms with Gasteiger partial charge in [0.15, 0.2) is 5.78 Å². The van der Waals surface area contributed by atoms with Crippen LogP contribution in [0.15, 0.2) is 54.9 Å². The minimum atomic E-state index is -0.0810. The van der Waals surface area contributed by atoms with E-state index in [0.29, 0.717) is 18.0 Å². The van der Waals surface area contributed by atoms with E-state index in [1.54, 1.807) is 18.3 Å². The summed E-state index contributed by atoms with van der Waals surface area (Å²) < 4.78 is 0. The van der Waals surface area contributed by atoms with Crippen LogP contribution in [0.3, 0.4) is 0 Å². The Morgan fingerprint density at radius 1 is 1.09 bits per heavy atom. The molecule has 0 saturated carbocycles.